The molecule has 2 aliphatic heterocycles. The van der Waals surface area contributed by atoms with Gasteiger partial charge in [-0.1, -0.05) is 34.6 Å². The molecule has 1 N–H and O–H groups in total. The quantitative estimate of drug-likeness (QED) is 0.870. The number of nitrogens with one attached hydrogen (secondary N) is 1. The number of aliphatic imine (C=N–C) groups is 1. The molecule has 0 saturated carbocycles. The first-order valence-corrected chi connectivity index (χ1v) is 9.27. The van der Waals surface area contributed by atoms with E-state index in [1.54, 1.807) is 0 Å². The molecule has 3 nitrogen and oxygen atoms in total. The van der Waals surface area contributed by atoms with Crippen molar-refractivity contribution in [1.29, 1.82) is 0 Å². The van der Waals surface area contributed by atoms with Gasteiger partial charge < -0.3 is 10.1 Å². The molecule has 3 rings (SSSR count). The minimum Gasteiger partial charge on any atom is -0.493 e. The lowest BCUT2D eigenvalue weighted by Crippen LogP contribution is -2.48. The fraction of sp³-hybridized carbons (Fsp3) is 0.562. The smallest absolute Gasteiger partial charge is 0.157 e. The van der Waals surface area contributed by atoms with Crippen LogP contribution in [0.3, 0.4) is 0 Å². The molecule has 0 bridgehead atoms. The average molecular weight is 369 g/mol. The summed E-state index contributed by atoms with van der Waals surface area (Å²) in [6.07, 6.45) is 3.32. The summed E-state index contributed by atoms with van der Waals surface area (Å²) in [6.45, 7) is 5.98. The lowest BCUT2D eigenvalue weighted by atomic mass is 9.96. The molecular formula is C16H21BrN2OS. The van der Waals surface area contributed by atoms with Gasteiger partial charge in [0.25, 0.3) is 0 Å². The van der Waals surface area contributed by atoms with Crippen molar-refractivity contribution in [3.63, 3.8) is 0 Å². The second-order valence-electron chi connectivity index (χ2n) is 5.91. The summed E-state index contributed by atoms with van der Waals surface area (Å²) in [5.74, 6) is 2.19. The van der Waals surface area contributed by atoms with E-state index in [4.69, 9.17) is 9.73 Å². The molecule has 0 aliphatic carbocycles. The van der Waals surface area contributed by atoms with Crippen molar-refractivity contribution in [3.8, 4) is 5.75 Å². The van der Waals surface area contributed by atoms with Crippen molar-refractivity contribution >= 4 is 32.9 Å². The predicted molar refractivity (Wildman–Crippen MR) is 93.4 cm³/mol. The fourth-order valence-electron chi connectivity index (χ4n) is 2.70. The van der Waals surface area contributed by atoms with Gasteiger partial charge in [-0.3, -0.25) is 4.99 Å². The predicted octanol–water partition coefficient (Wildman–Crippen LogP) is 4.14. The average Bonchev–Trinajstić information content (AvgIpc) is 2.93. The van der Waals surface area contributed by atoms with E-state index >= 15 is 0 Å². The van der Waals surface area contributed by atoms with E-state index in [9.17, 15) is 0 Å². The van der Waals surface area contributed by atoms with Gasteiger partial charge in [-0.15, -0.1) is 0 Å². The summed E-state index contributed by atoms with van der Waals surface area (Å²) in [6, 6.07) is 4.28. The van der Waals surface area contributed by atoms with Crippen LogP contribution in [-0.2, 0) is 13.0 Å². The molecule has 1 saturated heterocycles. The summed E-state index contributed by atoms with van der Waals surface area (Å²) in [4.78, 5) is 4.78. The molecule has 2 aliphatic rings. The summed E-state index contributed by atoms with van der Waals surface area (Å²) in [5, 5.41) is 4.66. The number of rotatable bonds is 3. The van der Waals surface area contributed by atoms with Gasteiger partial charge in [0.05, 0.1) is 13.2 Å². The monoisotopic (exact) mass is 368 g/mol. The van der Waals surface area contributed by atoms with Crippen LogP contribution in [0.4, 0.5) is 0 Å². The van der Waals surface area contributed by atoms with E-state index < -0.39 is 0 Å². The Balaban J connectivity index is 1.77. The third kappa shape index (κ3) is 3.39. The van der Waals surface area contributed by atoms with Gasteiger partial charge in [-0.25, -0.2) is 0 Å². The topological polar surface area (TPSA) is 33.6 Å². The van der Waals surface area contributed by atoms with Gasteiger partial charge in [0.1, 0.15) is 5.75 Å². The molecular weight excluding hydrogens is 348 g/mol. The van der Waals surface area contributed by atoms with Crippen LogP contribution in [0.15, 0.2) is 21.6 Å². The minimum atomic E-state index is 0.194. The highest BCUT2D eigenvalue weighted by molar-refractivity contribution is 9.10. The molecule has 114 valence electrons. The number of fused-ring (bicyclic) bond motifs is 1. The zero-order chi connectivity index (χ0) is 14.9. The molecule has 0 amide bonds. The fourth-order valence-corrected chi connectivity index (χ4v) is 4.47. The summed E-state index contributed by atoms with van der Waals surface area (Å²) >= 11 is 5.41. The van der Waals surface area contributed by atoms with E-state index in [-0.39, 0.29) is 5.54 Å². The zero-order valence-electron chi connectivity index (χ0n) is 12.5. The van der Waals surface area contributed by atoms with Crippen molar-refractivity contribution in [2.75, 3.05) is 12.4 Å². The zero-order valence-corrected chi connectivity index (χ0v) is 14.9. The SMILES string of the molecule is CCC1(C)CCSC(=NCc2cc(Br)cc3c2OCC3)N1. The van der Waals surface area contributed by atoms with Gasteiger partial charge in [-0.05, 0) is 37.5 Å². The summed E-state index contributed by atoms with van der Waals surface area (Å²) in [5.41, 5.74) is 2.66. The number of ether oxygens (including phenoxy) is 1. The number of hydrogen-bond acceptors (Lipinski definition) is 3. The Morgan fingerprint density at radius 2 is 2.33 bits per heavy atom. The van der Waals surface area contributed by atoms with Crippen LogP contribution in [0.1, 0.15) is 37.8 Å². The molecule has 0 spiro atoms. The van der Waals surface area contributed by atoms with Gasteiger partial charge in [0.2, 0.25) is 0 Å². The largest absolute Gasteiger partial charge is 0.493 e. The molecule has 1 aromatic rings. The molecule has 5 heteroatoms. The molecule has 2 heterocycles. The molecule has 1 unspecified atom stereocenters. The Kier molecular flexibility index (Phi) is 4.50. The van der Waals surface area contributed by atoms with Crippen molar-refractivity contribution in [2.45, 2.75) is 45.2 Å². The van der Waals surface area contributed by atoms with Crippen LogP contribution >= 0.6 is 27.7 Å². The summed E-state index contributed by atoms with van der Waals surface area (Å²) < 4.78 is 6.88. The molecule has 0 radical (unpaired) electrons. The highest BCUT2D eigenvalue weighted by atomic mass is 79.9. The maximum atomic E-state index is 5.77. The first-order chi connectivity index (χ1) is 10.1. The van der Waals surface area contributed by atoms with E-state index in [0.717, 1.165) is 40.6 Å². The van der Waals surface area contributed by atoms with Gasteiger partial charge in [0.15, 0.2) is 5.17 Å². The van der Waals surface area contributed by atoms with Crippen LogP contribution < -0.4 is 10.1 Å². The van der Waals surface area contributed by atoms with Gasteiger partial charge >= 0.3 is 0 Å². The van der Waals surface area contributed by atoms with Crippen molar-refractivity contribution in [2.24, 2.45) is 4.99 Å². The van der Waals surface area contributed by atoms with Crippen LogP contribution in [0.2, 0.25) is 0 Å². The Morgan fingerprint density at radius 1 is 1.48 bits per heavy atom. The Bertz CT molecular complexity index is 576. The van der Waals surface area contributed by atoms with Gasteiger partial charge in [-0.2, -0.15) is 0 Å². The van der Waals surface area contributed by atoms with E-state index in [1.807, 2.05) is 11.8 Å². The molecule has 1 aromatic carbocycles. The maximum absolute atomic E-state index is 5.77. The Labute approximate surface area is 139 Å². The highest BCUT2D eigenvalue weighted by Crippen LogP contribution is 2.34. The Hall–Kier alpha value is -0.680. The van der Waals surface area contributed by atoms with Crippen molar-refractivity contribution < 1.29 is 4.74 Å². The van der Waals surface area contributed by atoms with Crippen LogP contribution in [0, 0.1) is 0 Å². The molecule has 0 aromatic heterocycles. The lowest BCUT2D eigenvalue weighted by molar-refractivity contribution is 0.353. The second kappa shape index (κ2) is 6.21. The maximum Gasteiger partial charge on any atom is 0.157 e. The van der Waals surface area contributed by atoms with Crippen molar-refractivity contribution in [1.82, 2.24) is 5.32 Å². The summed E-state index contributed by atoms with van der Waals surface area (Å²) in [7, 11) is 0. The minimum absolute atomic E-state index is 0.194. The van der Waals surface area contributed by atoms with Crippen LogP contribution in [0.5, 0.6) is 5.75 Å². The van der Waals surface area contributed by atoms with E-state index in [2.05, 4.69) is 47.2 Å². The first-order valence-electron chi connectivity index (χ1n) is 7.49. The lowest BCUT2D eigenvalue weighted by Gasteiger charge is -2.35. The molecule has 21 heavy (non-hydrogen) atoms. The van der Waals surface area contributed by atoms with Crippen LogP contribution in [0.25, 0.3) is 0 Å². The van der Waals surface area contributed by atoms with Gasteiger partial charge in [0, 0.05) is 27.7 Å². The number of amidine groups is 1. The van der Waals surface area contributed by atoms with E-state index in [1.165, 1.54) is 17.5 Å². The number of benzene rings is 1. The third-order valence-electron chi connectivity index (χ3n) is 4.30. The van der Waals surface area contributed by atoms with Crippen molar-refractivity contribution in [3.05, 3.63) is 27.7 Å². The number of halogens is 1. The first kappa shape index (κ1) is 15.2. The normalized spacial score (nSPS) is 26.3. The number of thioether (sulfide) groups is 1. The standard InChI is InChI=1S/C16H21BrN2OS/c1-3-16(2)5-7-21-15(19-16)18-10-12-9-13(17)8-11-4-6-20-14(11)12/h8-9H,3-7,10H2,1-2H3,(H,18,19). The van der Waals surface area contributed by atoms with Crippen LogP contribution in [-0.4, -0.2) is 23.1 Å². The molecule has 1 fully saturated rings. The Morgan fingerprint density at radius 3 is 3.14 bits per heavy atom. The second-order valence-corrected chi connectivity index (χ2v) is 7.91. The third-order valence-corrected chi connectivity index (χ3v) is 5.67. The van der Waals surface area contributed by atoms with E-state index in [0.29, 0.717) is 6.54 Å². The number of hydrogen-bond donors (Lipinski definition) is 1. The highest BCUT2D eigenvalue weighted by Gasteiger charge is 2.27. The molecule has 1 atom stereocenters. The number of nitrogens with zero attached hydrogens (tertiary/aromatic N) is 1.